The van der Waals surface area contributed by atoms with Gasteiger partial charge >= 0.3 is 0 Å². The maximum Gasteiger partial charge on any atom is 0.263 e. The van der Waals surface area contributed by atoms with Gasteiger partial charge in [0.2, 0.25) is 0 Å². The Hall–Kier alpha value is -0.810. The molecule has 1 heterocycles. The number of hydrogen-bond donors (Lipinski definition) is 2. The van der Waals surface area contributed by atoms with Crippen molar-refractivity contribution in [2.24, 2.45) is 0 Å². The summed E-state index contributed by atoms with van der Waals surface area (Å²) in [7, 11) is 0. The number of nitrogens with one attached hydrogen (secondary N) is 1. The number of fused-ring (bicyclic) bond motifs is 1. The summed E-state index contributed by atoms with van der Waals surface area (Å²) < 4.78 is 0.891. The second-order valence-corrected chi connectivity index (χ2v) is 7.35. The lowest BCUT2D eigenvalue weighted by molar-refractivity contribution is 0.0843. The fraction of sp³-hybridized carbons (Fsp3) is 0.400. The molecule has 2 N–H and O–H groups in total. The van der Waals surface area contributed by atoms with Crippen LogP contribution in [-0.2, 0) is 0 Å². The molecule has 1 aromatic heterocycles. The van der Waals surface area contributed by atoms with Crippen molar-refractivity contribution in [3.8, 4) is 0 Å². The number of aliphatic hydroxyl groups is 1. The van der Waals surface area contributed by atoms with Gasteiger partial charge in [0.1, 0.15) is 4.88 Å². The van der Waals surface area contributed by atoms with Gasteiger partial charge in [-0.1, -0.05) is 42.1 Å². The summed E-state index contributed by atoms with van der Waals surface area (Å²) >= 11 is 13.6. The standard InChI is InChI=1S/C15H15Cl2NO2S/c16-9-3-4-10-11(7-9)21-13(12(10)17)14(20)18-15(8-19)5-1-2-6-15/h3-4,7,19H,1-2,5-6,8H2,(H,18,20). The SMILES string of the molecule is O=C(NC1(CO)CCCC1)c1sc2cc(Cl)ccc2c1Cl. The average Bonchev–Trinajstić information content (AvgIpc) is 3.04. The Morgan fingerprint density at radius 3 is 2.71 bits per heavy atom. The first-order valence-electron chi connectivity index (χ1n) is 6.86. The lowest BCUT2D eigenvalue weighted by Crippen LogP contribution is -2.49. The number of thiophene rings is 1. The van der Waals surface area contributed by atoms with Gasteiger partial charge in [-0.25, -0.2) is 0 Å². The Morgan fingerprint density at radius 2 is 2.05 bits per heavy atom. The van der Waals surface area contributed by atoms with Crippen LogP contribution in [0.2, 0.25) is 10.0 Å². The zero-order valence-corrected chi connectivity index (χ0v) is 13.6. The zero-order chi connectivity index (χ0) is 15.0. The number of rotatable bonds is 3. The van der Waals surface area contributed by atoms with Gasteiger partial charge in [0.15, 0.2) is 0 Å². The molecule has 3 rings (SSSR count). The molecular formula is C15H15Cl2NO2S. The van der Waals surface area contributed by atoms with E-state index in [-0.39, 0.29) is 12.5 Å². The molecule has 0 aliphatic heterocycles. The zero-order valence-electron chi connectivity index (χ0n) is 11.3. The van der Waals surface area contributed by atoms with Crippen molar-refractivity contribution in [3.63, 3.8) is 0 Å². The summed E-state index contributed by atoms with van der Waals surface area (Å²) in [4.78, 5) is 13.0. The molecule has 2 aromatic rings. The fourth-order valence-electron chi connectivity index (χ4n) is 2.86. The minimum atomic E-state index is -0.492. The third-order valence-electron chi connectivity index (χ3n) is 4.04. The normalized spacial score (nSPS) is 17.3. The molecule has 1 amide bonds. The first-order valence-corrected chi connectivity index (χ1v) is 8.43. The molecule has 1 aliphatic rings. The smallest absolute Gasteiger partial charge is 0.263 e. The predicted octanol–water partition coefficient (Wildman–Crippen LogP) is 4.24. The average molecular weight is 344 g/mol. The Bertz CT molecular complexity index is 692. The van der Waals surface area contributed by atoms with Gasteiger partial charge in [0.05, 0.1) is 17.2 Å². The summed E-state index contributed by atoms with van der Waals surface area (Å²) in [5.74, 6) is -0.215. The second kappa shape index (κ2) is 5.76. The Kier molecular flexibility index (Phi) is 4.14. The molecule has 1 aromatic carbocycles. The predicted molar refractivity (Wildman–Crippen MR) is 87.6 cm³/mol. The molecule has 21 heavy (non-hydrogen) atoms. The van der Waals surface area contributed by atoms with E-state index in [1.165, 1.54) is 11.3 Å². The van der Waals surface area contributed by atoms with Crippen LogP contribution < -0.4 is 5.32 Å². The highest BCUT2D eigenvalue weighted by Gasteiger charge is 2.35. The number of aliphatic hydroxyl groups excluding tert-OH is 1. The van der Waals surface area contributed by atoms with Gasteiger partial charge in [0, 0.05) is 15.1 Å². The van der Waals surface area contributed by atoms with Crippen molar-refractivity contribution in [1.82, 2.24) is 5.32 Å². The molecule has 112 valence electrons. The minimum absolute atomic E-state index is 0.0346. The Morgan fingerprint density at radius 1 is 1.33 bits per heavy atom. The maximum atomic E-state index is 12.5. The molecule has 0 bridgehead atoms. The molecule has 1 saturated carbocycles. The van der Waals surface area contributed by atoms with E-state index in [1.807, 2.05) is 12.1 Å². The molecule has 0 saturated heterocycles. The van der Waals surface area contributed by atoms with Crippen LogP contribution in [0.25, 0.3) is 10.1 Å². The number of halogens is 2. The molecule has 0 unspecified atom stereocenters. The number of hydrogen-bond acceptors (Lipinski definition) is 3. The summed E-state index contributed by atoms with van der Waals surface area (Å²) in [6.07, 6.45) is 3.67. The number of carbonyl (C=O) groups is 1. The van der Waals surface area contributed by atoms with E-state index >= 15 is 0 Å². The van der Waals surface area contributed by atoms with E-state index in [1.54, 1.807) is 6.07 Å². The topological polar surface area (TPSA) is 49.3 Å². The molecule has 0 atom stereocenters. The van der Waals surface area contributed by atoms with E-state index in [2.05, 4.69) is 5.32 Å². The third kappa shape index (κ3) is 2.78. The highest BCUT2D eigenvalue weighted by molar-refractivity contribution is 7.21. The first-order chi connectivity index (χ1) is 10.0. The molecule has 1 aliphatic carbocycles. The summed E-state index contributed by atoms with van der Waals surface area (Å²) in [6.45, 7) is -0.0346. The second-order valence-electron chi connectivity index (χ2n) is 5.49. The Labute approximate surface area is 136 Å². The molecular weight excluding hydrogens is 329 g/mol. The molecule has 0 spiro atoms. The van der Waals surface area contributed by atoms with Crippen molar-refractivity contribution >= 4 is 50.5 Å². The van der Waals surface area contributed by atoms with Crippen LogP contribution in [0.4, 0.5) is 0 Å². The van der Waals surface area contributed by atoms with Crippen molar-refractivity contribution in [2.45, 2.75) is 31.2 Å². The summed E-state index contributed by atoms with van der Waals surface area (Å²) in [5, 5.41) is 14.5. The first kappa shape index (κ1) is 15.1. The highest BCUT2D eigenvalue weighted by Crippen LogP contribution is 2.37. The van der Waals surface area contributed by atoms with Crippen molar-refractivity contribution in [2.75, 3.05) is 6.61 Å². The molecule has 3 nitrogen and oxygen atoms in total. The monoisotopic (exact) mass is 343 g/mol. The lowest BCUT2D eigenvalue weighted by Gasteiger charge is -2.27. The van der Waals surface area contributed by atoms with Gasteiger partial charge in [-0.3, -0.25) is 4.79 Å². The van der Waals surface area contributed by atoms with Crippen LogP contribution in [0.1, 0.15) is 35.4 Å². The highest BCUT2D eigenvalue weighted by atomic mass is 35.5. The van der Waals surface area contributed by atoms with Gasteiger partial charge < -0.3 is 10.4 Å². The third-order valence-corrected chi connectivity index (χ3v) is 5.93. The van der Waals surface area contributed by atoms with Crippen molar-refractivity contribution in [3.05, 3.63) is 33.1 Å². The van der Waals surface area contributed by atoms with E-state index in [9.17, 15) is 9.90 Å². The van der Waals surface area contributed by atoms with E-state index in [0.29, 0.717) is 14.9 Å². The van der Waals surface area contributed by atoms with Gasteiger partial charge in [-0.15, -0.1) is 11.3 Å². The largest absolute Gasteiger partial charge is 0.394 e. The molecule has 0 radical (unpaired) electrons. The van der Waals surface area contributed by atoms with Crippen LogP contribution in [0.5, 0.6) is 0 Å². The van der Waals surface area contributed by atoms with Crippen LogP contribution in [0, 0.1) is 0 Å². The van der Waals surface area contributed by atoms with Crippen LogP contribution in [0.15, 0.2) is 18.2 Å². The van der Waals surface area contributed by atoms with E-state index in [0.717, 1.165) is 35.8 Å². The maximum absolute atomic E-state index is 12.5. The Balaban J connectivity index is 1.92. The summed E-state index contributed by atoms with van der Waals surface area (Å²) in [6, 6.07) is 5.39. The van der Waals surface area contributed by atoms with E-state index < -0.39 is 5.54 Å². The minimum Gasteiger partial charge on any atom is -0.394 e. The van der Waals surface area contributed by atoms with Gasteiger partial charge in [-0.05, 0) is 25.0 Å². The quantitative estimate of drug-likeness (QED) is 0.875. The molecule has 1 fully saturated rings. The fourth-order valence-corrected chi connectivity index (χ4v) is 4.55. The van der Waals surface area contributed by atoms with Crippen LogP contribution in [0.3, 0.4) is 0 Å². The van der Waals surface area contributed by atoms with Gasteiger partial charge in [0.25, 0.3) is 5.91 Å². The number of carbonyl (C=O) groups excluding carboxylic acids is 1. The van der Waals surface area contributed by atoms with Gasteiger partial charge in [-0.2, -0.15) is 0 Å². The van der Waals surface area contributed by atoms with Crippen LogP contribution >= 0.6 is 34.5 Å². The lowest BCUT2D eigenvalue weighted by atomic mass is 9.99. The molecule has 6 heteroatoms. The number of amides is 1. The van der Waals surface area contributed by atoms with Crippen molar-refractivity contribution in [1.29, 1.82) is 0 Å². The van der Waals surface area contributed by atoms with Crippen molar-refractivity contribution < 1.29 is 9.90 Å². The van der Waals surface area contributed by atoms with E-state index in [4.69, 9.17) is 23.2 Å². The summed E-state index contributed by atoms with van der Waals surface area (Å²) in [5.41, 5.74) is -0.492. The number of benzene rings is 1. The van der Waals surface area contributed by atoms with Crippen LogP contribution in [-0.4, -0.2) is 23.2 Å².